The molecule has 1 heterocycles. The molecule has 2 aromatic rings. The molecular formula is C32H46ClN3O5Si. The van der Waals surface area contributed by atoms with E-state index < -0.39 is 31.8 Å². The Morgan fingerprint density at radius 1 is 1.10 bits per heavy atom. The van der Waals surface area contributed by atoms with E-state index in [2.05, 4.69) is 39.2 Å². The topological polar surface area (TPSA) is 122 Å². The molecule has 0 bridgehead atoms. The lowest BCUT2D eigenvalue weighted by Gasteiger charge is -2.45. The summed E-state index contributed by atoms with van der Waals surface area (Å²) in [6.07, 6.45) is 1.83. The number of benzene rings is 2. The summed E-state index contributed by atoms with van der Waals surface area (Å²) in [7, 11) is -2.11. The molecule has 2 unspecified atom stereocenters. The highest BCUT2D eigenvalue weighted by Crippen LogP contribution is 2.36. The van der Waals surface area contributed by atoms with Crippen molar-refractivity contribution in [3.05, 3.63) is 70.7 Å². The van der Waals surface area contributed by atoms with Gasteiger partial charge in [0.25, 0.3) is 0 Å². The van der Waals surface area contributed by atoms with Gasteiger partial charge in [0, 0.05) is 18.1 Å². The van der Waals surface area contributed by atoms with Crippen LogP contribution in [0, 0.1) is 5.92 Å². The van der Waals surface area contributed by atoms with Gasteiger partial charge in [-0.25, -0.2) is 0 Å². The first-order chi connectivity index (χ1) is 19.6. The molecule has 8 nitrogen and oxygen atoms in total. The van der Waals surface area contributed by atoms with Gasteiger partial charge in [0.1, 0.15) is 6.04 Å². The standard InChI is InChI=1S/C32H46ClN3O5Si/c1-31(2,3)42(4,5)41-21-27(34)29(39)35-32(20-24-12-14-26(33)15-13-24)16-9-17-36(22-32)30(40)25(19-28(37)38)18-23-10-7-6-8-11-23/h6-8,10-15,25,27H,9,16-22,34H2,1-5H3,(H,35,39)(H,37,38)/t25?,27?,32-/m1/s1. The number of carbonyl (C=O) groups excluding carboxylic acids is 2. The zero-order valence-electron chi connectivity index (χ0n) is 25.5. The maximum Gasteiger partial charge on any atom is 0.304 e. The minimum Gasteiger partial charge on any atom is -0.481 e. The second-order valence-electron chi connectivity index (χ2n) is 13.1. The molecule has 10 heteroatoms. The van der Waals surface area contributed by atoms with Crippen molar-refractivity contribution in [1.29, 1.82) is 0 Å². The van der Waals surface area contributed by atoms with Gasteiger partial charge in [-0.1, -0.05) is 74.8 Å². The number of rotatable bonds is 12. The van der Waals surface area contributed by atoms with Gasteiger partial charge in [-0.2, -0.15) is 0 Å². The van der Waals surface area contributed by atoms with Crippen LogP contribution in [0.3, 0.4) is 0 Å². The molecule has 1 aliphatic heterocycles. The second kappa shape index (κ2) is 14.2. The second-order valence-corrected chi connectivity index (χ2v) is 18.3. The lowest BCUT2D eigenvalue weighted by atomic mass is 9.82. The van der Waals surface area contributed by atoms with Crippen LogP contribution < -0.4 is 11.1 Å². The van der Waals surface area contributed by atoms with Gasteiger partial charge in [0.2, 0.25) is 11.8 Å². The summed E-state index contributed by atoms with van der Waals surface area (Å²) in [5.74, 6) is -2.29. The number of likely N-dealkylation sites (tertiary alicyclic amines) is 1. The third-order valence-electron chi connectivity index (χ3n) is 8.59. The Labute approximate surface area is 256 Å². The molecule has 230 valence electrons. The number of amides is 2. The zero-order valence-corrected chi connectivity index (χ0v) is 27.2. The average Bonchev–Trinajstić information content (AvgIpc) is 2.92. The molecule has 3 atom stereocenters. The summed E-state index contributed by atoms with van der Waals surface area (Å²) in [5.41, 5.74) is 7.45. The Bertz CT molecular complexity index is 1220. The summed E-state index contributed by atoms with van der Waals surface area (Å²) in [6.45, 7) is 11.5. The Balaban J connectivity index is 1.83. The fraction of sp³-hybridized carbons (Fsp3) is 0.531. The van der Waals surface area contributed by atoms with Gasteiger partial charge < -0.3 is 25.5 Å². The number of nitrogens with two attached hydrogens (primary N) is 1. The van der Waals surface area contributed by atoms with E-state index in [4.69, 9.17) is 21.8 Å². The van der Waals surface area contributed by atoms with E-state index in [1.807, 2.05) is 42.5 Å². The maximum atomic E-state index is 13.8. The first-order valence-corrected chi connectivity index (χ1v) is 17.9. The highest BCUT2D eigenvalue weighted by atomic mass is 35.5. The molecule has 0 radical (unpaired) electrons. The number of carboxylic acids is 1. The first kappa shape index (κ1) is 33.8. The Kier molecular flexibility index (Phi) is 11.4. The minimum atomic E-state index is -2.11. The summed E-state index contributed by atoms with van der Waals surface area (Å²) < 4.78 is 6.23. The van der Waals surface area contributed by atoms with Crippen molar-refractivity contribution in [1.82, 2.24) is 10.2 Å². The largest absolute Gasteiger partial charge is 0.481 e. The van der Waals surface area contributed by atoms with Crippen LogP contribution in [0.2, 0.25) is 23.2 Å². The van der Waals surface area contributed by atoms with Crippen molar-refractivity contribution >= 4 is 37.7 Å². The van der Waals surface area contributed by atoms with Crippen LogP contribution in [0.25, 0.3) is 0 Å². The molecule has 4 N–H and O–H groups in total. The summed E-state index contributed by atoms with van der Waals surface area (Å²) in [5, 5.41) is 13.4. The van der Waals surface area contributed by atoms with Crippen LogP contribution in [0.1, 0.15) is 51.2 Å². The molecule has 3 rings (SSSR count). The molecule has 0 aliphatic carbocycles. The van der Waals surface area contributed by atoms with E-state index in [9.17, 15) is 19.5 Å². The van der Waals surface area contributed by atoms with Gasteiger partial charge in [-0.3, -0.25) is 14.4 Å². The predicted molar refractivity (Wildman–Crippen MR) is 169 cm³/mol. The lowest BCUT2D eigenvalue weighted by molar-refractivity contribution is -0.146. The van der Waals surface area contributed by atoms with Crippen LogP contribution in [-0.2, 0) is 31.7 Å². The number of carbonyl (C=O) groups is 3. The van der Waals surface area contributed by atoms with E-state index in [-0.39, 0.29) is 36.4 Å². The summed E-state index contributed by atoms with van der Waals surface area (Å²) in [4.78, 5) is 40.8. The number of aliphatic carboxylic acids is 1. The van der Waals surface area contributed by atoms with E-state index in [0.29, 0.717) is 37.3 Å². The molecule has 1 saturated heterocycles. The number of hydrogen-bond donors (Lipinski definition) is 3. The quantitative estimate of drug-likeness (QED) is 0.288. The van der Waals surface area contributed by atoms with Crippen LogP contribution in [0.15, 0.2) is 54.6 Å². The van der Waals surface area contributed by atoms with Crippen molar-refractivity contribution in [2.24, 2.45) is 11.7 Å². The summed E-state index contributed by atoms with van der Waals surface area (Å²) >= 11 is 6.13. The fourth-order valence-electron chi connectivity index (χ4n) is 5.16. The third-order valence-corrected chi connectivity index (χ3v) is 13.3. The summed E-state index contributed by atoms with van der Waals surface area (Å²) in [6, 6.07) is 16.0. The number of halogens is 1. The lowest BCUT2D eigenvalue weighted by Crippen LogP contribution is -2.64. The Hall–Kier alpha value is -2.72. The number of nitrogens with zero attached hydrogens (tertiary/aromatic N) is 1. The van der Waals surface area contributed by atoms with Gasteiger partial charge in [0.15, 0.2) is 8.32 Å². The highest BCUT2D eigenvalue weighted by Gasteiger charge is 2.42. The predicted octanol–water partition coefficient (Wildman–Crippen LogP) is 5.04. The van der Waals surface area contributed by atoms with Crippen molar-refractivity contribution in [2.45, 2.75) is 82.6 Å². The minimum absolute atomic E-state index is 0.0184. The van der Waals surface area contributed by atoms with Crippen molar-refractivity contribution in [2.75, 3.05) is 19.7 Å². The molecule has 2 amide bonds. The molecule has 1 aliphatic rings. The molecule has 0 spiro atoms. The number of carboxylic acid groups (broad SMARTS) is 1. The Morgan fingerprint density at radius 2 is 1.74 bits per heavy atom. The molecule has 0 aromatic heterocycles. The van der Waals surface area contributed by atoms with Crippen LogP contribution >= 0.6 is 11.6 Å². The van der Waals surface area contributed by atoms with Crippen molar-refractivity contribution < 1.29 is 23.9 Å². The van der Waals surface area contributed by atoms with E-state index >= 15 is 0 Å². The maximum absolute atomic E-state index is 13.8. The normalized spacial score (nSPS) is 19.2. The van der Waals surface area contributed by atoms with E-state index in [1.54, 1.807) is 17.0 Å². The van der Waals surface area contributed by atoms with Crippen molar-refractivity contribution in [3.8, 4) is 0 Å². The van der Waals surface area contributed by atoms with Gasteiger partial charge in [-0.05, 0) is 67.1 Å². The smallest absolute Gasteiger partial charge is 0.304 e. The number of nitrogens with one attached hydrogen (secondary N) is 1. The average molecular weight is 616 g/mol. The fourth-order valence-corrected chi connectivity index (χ4v) is 6.32. The van der Waals surface area contributed by atoms with Crippen LogP contribution in [0.4, 0.5) is 0 Å². The van der Waals surface area contributed by atoms with Crippen LogP contribution in [-0.4, -0.2) is 67.4 Å². The van der Waals surface area contributed by atoms with Crippen molar-refractivity contribution in [3.63, 3.8) is 0 Å². The van der Waals surface area contributed by atoms with E-state index in [1.165, 1.54) is 0 Å². The first-order valence-electron chi connectivity index (χ1n) is 14.6. The molecular weight excluding hydrogens is 570 g/mol. The molecule has 42 heavy (non-hydrogen) atoms. The van der Waals surface area contributed by atoms with Crippen LogP contribution in [0.5, 0.6) is 0 Å². The monoisotopic (exact) mass is 615 g/mol. The Morgan fingerprint density at radius 3 is 2.33 bits per heavy atom. The van der Waals surface area contributed by atoms with Gasteiger partial charge in [-0.15, -0.1) is 0 Å². The third kappa shape index (κ3) is 9.39. The molecule has 0 saturated carbocycles. The van der Waals surface area contributed by atoms with Gasteiger partial charge in [0.05, 0.1) is 24.5 Å². The highest BCUT2D eigenvalue weighted by molar-refractivity contribution is 6.74. The number of hydrogen-bond acceptors (Lipinski definition) is 5. The molecule has 2 aromatic carbocycles. The SMILES string of the molecule is CC(C)(C)[Si](C)(C)OCC(N)C(=O)N[C@@]1(Cc2ccc(Cl)cc2)CCCN(C(=O)C(CC(=O)O)Cc2ccccc2)C1. The number of piperidine rings is 1. The zero-order chi connectivity index (χ0) is 31.1. The van der Waals surface area contributed by atoms with E-state index in [0.717, 1.165) is 11.1 Å². The molecule has 1 fully saturated rings. The van der Waals surface area contributed by atoms with Gasteiger partial charge >= 0.3 is 5.97 Å².